The highest BCUT2D eigenvalue weighted by molar-refractivity contribution is 5.34. The van der Waals surface area contributed by atoms with Crippen LogP contribution in [0.5, 0.6) is 0 Å². The zero-order valence-electron chi connectivity index (χ0n) is 11.8. The monoisotopic (exact) mass is 247 g/mol. The van der Waals surface area contributed by atoms with Crippen LogP contribution < -0.4 is 5.32 Å². The predicted molar refractivity (Wildman–Crippen MR) is 75.8 cm³/mol. The topological polar surface area (TPSA) is 32.3 Å². The summed E-state index contributed by atoms with van der Waals surface area (Å²) in [5, 5.41) is 13.6. The molecule has 1 aromatic rings. The van der Waals surface area contributed by atoms with Gasteiger partial charge in [0.1, 0.15) is 0 Å². The molecule has 18 heavy (non-hydrogen) atoms. The van der Waals surface area contributed by atoms with Gasteiger partial charge in [-0.15, -0.1) is 0 Å². The van der Waals surface area contributed by atoms with E-state index < -0.39 is 6.10 Å². The highest BCUT2D eigenvalue weighted by atomic mass is 16.3. The second kappa shape index (κ2) is 5.41. The van der Waals surface area contributed by atoms with Crippen LogP contribution in [0.4, 0.5) is 0 Å². The molecule has 1 aromatic carbocycles. The molecule has 2 heteroatoms. The molecule has 1 atom stereocenters. The Morgan fingerprint density at radius 3 is 2.50 bits per heavy atom. The van der Waals surface area contributed by atoms with E-state index in [1.54, 1.807) is 0 Å². The van der Waals surface area contributed by atoms with Gasteiger partial charge in [0, 0.05) is 12.1 Å². The van der Waals surface area contributed by atoms with Crippen LogP contribution >= 0.6 is 0 Å². The molecule has 2 rings (SSSR count). The number of aliphatic hydroxyl groups excluding tert-OH is 1. The van der Waals surface area contributed by atoms with Crippen LogP contribution in [-0.2, 0) is 12.8 Å². The molecule has 0 fully saturated rings. The van der Waals surface area contributed by atoms with Crippen molar-refractivity contribution < 1.29 is 5.11 Å². The van der Waals surface area contributed by atoms with Crippen LogP contribution in [0.25, 0.3) is 0 Å². The smallest absolute Gasteiger partial charge is 0.0914 e. The number of aliphatic hydroxyl groups is 1. The maximum Gasteiger partial charge on any atom is 0.0914 e. The summed E-state index contributed by atoms with van der Waals surface area (Å²) in [7, 11) is 0. The molecule has 0 saturated carbocycles. The van der Waals surface area contributed by atoms with E-state index in [9.17, 15) is 5.11 Å². The van der Waals surface area contributed by atoms with Crippen LogP contribution in [0, 0.1) is 0 Å². The van der Waals surface area contributed by atoms with Crippen molar-refractivity contribution in [3.63, 3.8) is 0 Å². The van der Waals surface area contributed by atoms with Crippen LogP contribution in [0.1, 0.15) is 56.4 Å². The number of rotatable bonds is 3. The van der Waals surface area contributed by atoms with Gasteiger partial charge in [-0.2, -0.15) is 0 Å². The number of nitrogens with one attached hydrogen (secondary N) is 1. The number of aryl methyl sites for hydroxylation is 2. The summed E-state index contributed by atoms with van der Waals surface area (Å²) in [6.07, 6.45) is 4.55. The van der Waals surface area contributed by atoms with Crippen LogP contribution in [0.15, 0.2) is 18.2 Å². The largest absolute Gasteiger partial charge is 0.387 e. The minimum absolute atomic E-state index is 0.0508. The number of β-amino-alcohol motifs (C(OH)–C–C–N with tert-alkyl or cyclic N) is 1. The molecule has 2 N–H and O–H groups in total. The second-order valence-electron chi connectivity index (χ2n) is 6.38. The molecule has 0 aromatic heterocycles. The lowest BCUT2D eigenvalue weighted by Crippen LogP contribution is -2.38. The van der Waals surface area contributed by atoms with Gasteiger partial charge in [0.25, 0.3) is 0 Å². The van der Waals surface area contributed by atoms with Gasteiger partial charge in [-0.3, -0.25) is 0 Å². The summed E-state index contributed by atoms with van der Waals surface area (Å²) in [5.74, 6) is 0. The van der Waals surface area contributed by atoms with Gasteiger partial charge in [-0.25, -0.2) is 0 Å². The normalized spacial score (nSPS) is 17.3. The van der Waals surface area contributed by atoms with Gasteiger partial charge < -0.3 is 10.4 Å². The van der Waals surface area contributed by atoms with Crippen molar-refractivity contribution in [1.82, 2.24) is 5.32 Å². The maximum absolute atomic E-state index is 10.2. The third-order valence-electron chi connectivity index (χ3n) is 3.58. The predicted octanol–water partition coefficient (Wildman–Crippen LogP) is 2.99. The van der Waals surface area contributed by atoms with Crippen molar-refractivity contribution in [1.29, 1.82) is 0 Å². The highest BCUT2D eigenvalue weighted by Gasteiger charge is 2.16. The van der Waals surface area contributed by atoms with Crippen LogP contribution in [-0.4, -0.2) is 17.2 Å². The van der Waals surface area contributed by atoms with E-state index in [0.29, 0.717) is 6.54 Å². The average molecular weight is 247 g/mol. The molecular weight excluding hydrogens is 222 g/mol. The Labute approximate surface area is 110 Å². The summed E-state index contributed by atoms with van der Waals surface area (Å²) in [5.41, 5.74) is 4.01. The fraction of sp³-hybridized carbons (Fsp3) is 0.625. The Hall–Kier alpha value is -0.860. The number of hydrogen-bond acceptors (Lipinski definition) is 2. The van der Waals surface area contributed by atoms with E-state index in [4.69, 9.17) is 0 Å². The first kappa shape index (κ1) is 13.6. The number of benzene rings is 1. The van der Waals surface area contributed by atoms with E-state index in [2.05, 4.69) is 44.3 Å². The molecule has 2 nitrogen and oxygen atoms in total. The summed E-state index contributed by atoms with van der Waals surface area (Å²) >= 11 is 0. The van der Waals surface area contributed by atoms with Crippen molar-refractivity contribution in [3.05, 3.63) is 34.9 Å². The van der Waals surface area contributed by atoms with Crippen LogP contribution in [0.3, 0.4) is 0 Å². The lowest BCUT2D eigenvalue weighted by atomic mass is 9.89. The number of fused-ring (bicyclic) bond motifs is 1. The molecule has 0 saturated heterocycles. The van der Waals surface area contributed by atoms with Gasteiger partial charge in [-0.1, -0.05) is 18.2 Å². The third-order valence-corrected chi connectivity index (χ3v) is 3.58. The Kier molecular flexibility index (Phi) is 4.08. The van der Waals surface area contributed by atoms with E-state index >= 15 is 0 Å². The first-order valence-corrected chi connectivity index (χ1v) is 7.00. The van der Waals surface area contributed by atoms with Gasteiger partial charge in [-0.05, 0) is 63.1 Å². The Morgan fingerprint density at radius 1 is 1.17 bits per heavy atom. The standard InChI is InChI=1S/C16H25NO/c1-16(2,3)17-11-15(18)14-9-8-12-6-4-5-7-13(12)10-14/h8-10,15,17-18H,4-7,11H2,1-3H3. The van der Waals surface area contributed by atoms with Crippen molar-refractivity contribution in [2.75, 3.05) is 6.54 Å². The molecule has 0 amide bonds. The SMILES string of the molecule is CC(C)(C)NCC(O)c1ccc2c(c1)CCCC2. The molecule has 0 aliphatic heterocycles. The van der Waals surface area contributed by atoms with Gasteiger partial charge in [0.15, 0.2) is 0 Å². The highest BCUT2D eigenvalue weighted by Crippen LogP contribution is 2.24. The molecule has 1 unspecified atom stereocenters. The van der Waals surface area contributed by atoms with Crippen molar-refractivity contribution in [2.45, 2.75) is 58.1 Å². The van der Waals surface area contributed by atoms with E-state index in [-0.39, 0.29) is 5.54 Å². The Balaban J connectivity index is 2.04. The fourth-order valence-electron chi connectivity index (χ4n) is 2.48. The summed E-state index contributed by atoms with van der Waals surface area (Å²) in [6, 6.07) is 6.48. The molecule has 0 bridgehead atoms. The third kappa shape index (κ3) is 3.56. The average Bonchev–Trinajstić information content (AvgIpc) is 2.34. The minimum atomic E-state index is -0.406. The maximum atomic E-state index is 10.2. The van der Waals surface area contributed by atoms with Gasteiger partial charge in [0.05, 0.1) is 6.10 Å². The Bertz CT molecular complexity index is 406. The Morgan fingerprint density at radius 2 is 1.83 bits per heavy atom. The molecule has 100 valence electrons. The first-order valence-electron chi connectivity index (χ1n) is 7.00. The second-order valence-corrected chi connectivity index (χ2v) is 6.38. The number of hydrogen-bond donors (Lipinski definition) is 2. The van der Waals surface area contributed by atoms with Gasteiger partial charge >= 0.3 is 0 Å². The zero-order chi connectivity index (χ0) is 13.2. The molecule has 1 aliphatic rings. The summed E-state index contributed by atoms with van der Waals surface area (Å²) in [4.78, 5) is 0. The molecule has 0 spiro atoms. The van der Waals surface area contributed by atoms with Gasteiger partial charge in [0.2, 0.25) is 0 Å². The van der Waals surface area contributed by atoms with E-state index in [0.717, 1.165) is 5.56 Å². The molecule has 1 aliphatic carbocycles. The van der Waals surface area contributed by atoms with Crippen molar-refractivity contribution in [2.24, 2.45) is 0 Å². The zero-order valence-corrected chi connectivity index (χ0v) is 11.8. The molecule has 0 radical (unpaired) electrons. The van der Waals surface area contributed by atoms with Crippen molar-refractivity contribution >= 4 is 0 Å². The van der Waals surface area contributed by atoms with Crippen LogP contribution in [0.2, 0.25) is 0 Å². The molecule has 0 heterocycles. The quantitative estimate of drug-likeness (QED) is 0.860. The first-order chi connectivity index (χ1) is 8.46. The lowest BCUT2D eigenvalue weighted by molar-refractivity contribution is 0.163. The van der Waals surface area contributed by atoms with E-state index in [1.165, 1.54) is 36.8 Å². The molecular formula is C16H25NO. The summed E-state index contributed by atoms with van der Waals surface area (Å²) < 4.78 is 0. The summed E-state index contributed by atoms with van der Waals surface area (Å²) in [6.45, 7) is 6.97. The lowest BCUT2D eigenvalue weighted by Gasteiger charge is -2.24. The fourth-order valence-corrected chi connectivity index (χ4v) is 2.48. The minimum Gasteiger partial charge on any atom is -0.387 e. The van der Waals surface area contributed by atoms with E-state index in [1.807, 2.05) is 0 Å². The van der Waals surface area contributed by atoms with Crippen molar-refractivity contribution in [3.8, 4) is 0 Å².